The molecule has 1 heterocycles. The molecule has 0 unspecified atom stereocenters. The van der Waals surface area contributed by atoms with Crippen LogP contribution in [-0.2, 0) is 16.0 Å². The van der Waals surface area contributed by atoms with Gasteiger partial charge < -0.3 is 9.84 Å². The van der Waals surface area contributed by atoms with Gasteiger partial charge in [-0.15, -0.1) is 0 Å². The van der Waals surface area contributed by atoms with Crippen molar-refractivity contribution in [2.45, 2.75) is 89.8 Å². The molecule has 0 aliphatic carbocycles. The number of carbonyl (C=O) groups excluding carboxylic acids is 1. The number of aryl methyl sites for hydroxylation is 1. The van der Waals surface area contributed by atoms with Crippen molar-refractivity contribution < 1.29 is 14.6 Å². The van der Waals surface area contributed by atoms with Crippen molar-refractivity contribution in [1.29, 1.82) is 0 Å². The second kappa shape index (κ2) is 11.3. The molecule has 3 atom stereocenters. The maximum atomic E-state index is 11.6. The van der Waals surface area contributed by atoms with E-state index in [1.54, 1.807) is 6.92 Å². The van der Waals surface area contributed by atoms with Gasteiger partial charge in [-0.3, -0.25) is 4.79 Å². The molecule has 3 heteroatoms. The minimum absolute atomic E-state index is 0.212. The third-order valence-corrected chi connectivity index (χ3v) is 5.32. The minimum atomic E-state index is -0.608. The van der Waals surface area contributed by atoms with Crippen LogP contribution < -0.4 is 0 Å². The summed E-state index contributed by atoms with van der Waals surface area (Å²) in [5.41, 5.74) is 1.45. The van der Waals surface area contributed by atoms with Crippen molar-refractivity contribution in [3.8, 4) is 0 Å². The Morgan fingerprint density at radius 2 is 1.44 bits per heavy atom. The number of cyclic esters (lactones) is 1. The molecule has 0 aromatic heterocycles. The predicted molar refractivity (Wildman–Crippen MR) is 101 cm³/mol. The fourth-order valence-corrected chi connectivity index (χ4v) is 3.67. The number of carbonyl (C=O) groups is 1. The van der Waals surface area contributed by atoms with Crippen LogP contribution >= 0.6 is 0 Å². The SMILES string of the molecule is C[C@@H]1OC(=O)[C@@H](CCCCCCCCCCCc2ccccc2)[C@@H]1O. The fraction of sp³-hybridized carbons (Fsp3) is 0.682. The molecule has 0 spiro atoms. The van der Waals surface area contributed by atoms with Crippen LogP contribution in [0.3, 0.4) is 0 Å². The van der Waals surface area contributed by atoms with E-state index in [1.165, 1.54) is 56.9 Å². The molecule has 1 aliphatic heterocycles. The maximum Gasteiger partial charge on any atom is 0.312 e. The first-order valence-electron chi connectivity index (χ1n) is 10.1. The summed E-state index contributed by atoms with van der Waals surface area (Å²) in [6.45, 7) is 1.77. The molecule has 1 N–H and O–H groups in total. The van der Waals surface area contributed by atoms with E-state index in [2.05, 4.69) is 30.3 Å². The number of benzene rings is 1. The summed E-state index contributed by atoms with van der Waals surface area (Å²) in [6, 6.07) is 10.7. The number of ether oxygens (including phenoxy) is 1. The molecule has 0 radical (unpaired) electrons. The van der Waals surface area contributed by atoms with Crippen molar-refractivity contribution in [3.05, 3.63) is 35.9 Å². The molecule has 1 aliphatic rings. The van der Waals surface area contributed by atoms with Gasteiger partial charge in [-0.25, -0.2) is 0 Å². The summed E-state index contributed by atoms with van der Waals surface area (Å²) in [6.07, 6.45) is 12.3. The lowest BCUT2D eigenvalue weighted by atomic mass is 9.95. The molecular weight excluding hydrogens is 312 g/mol. The van der Waals surface area contributed by atoms with E-state index in [0.717, 1.165) is 19.3 Å². The Morgan fingerprint density at radius 1 is 0.880 bits per heavy atom. The van der Waals surface area contributed by atoms with Crippen molar-refractivity contribution in [2.75, 3.05) is 0 Å². The minimum Gasteiger partial charge on any atom is -0.460 e. The number of aliphatic hydroxyl groups excluding tert-OH is 1. The van der Waals surface area contributed by atoms with E-state index >= 15 is 0 Å². The zero-order valence-electron chi connectivity index (χ0n) is 15.7. The van der Waals surface area contributed by atoms with Crippen molar-refractivity contribution in [2.24, 2.45) is 5.92 Å². The molecule has 1 aromatic carbocycles. The van der Waals surface area contributed by atoms with Gasteiger partial charge in [-0.05, 0) is 31.7 Å². The van der Waals surface area contributed by atoms with Gasteiger partial charge in [0.05, 0.1) is 5.92 Å². The molecule has 1 aromatic rings. The lowest BCUT2D eigenvalue weighted by molar-refractivity contribution is -0.143. The highest BCUT2D eigenvalue weighted by Crippen LogP contribution is 2.26. The van der Waals surface area contributed by atoms with E-state index in [4.69, 9.17) is 4.74 Å². The second-order valence-electron chi connectivity index (χ2n) is 7.45. The Morgan fingerprint density at radius 3 is 2.00 bits per heavy atom. The van der Waals surface area contributed by atoms with Crippen LogP contribution in [-0.4, -0.2) is 23.3 Å². The summed E-state index contributed by atoms with van der Waals surface area (Å²) in [4.78, 5) is 11.6. The van der Waals surface area contributed by atoms with Gasteiger partial charge in [0, 0.05) is 0 Å². The van der Waals surface area contributed by atoms with E-state index < -0.39 is 6.10 Å². The molecule has 0 amide bonds. The molecule has 3 nitrogen and oxygen atoms in total. The number of aliphatic hydroxyl groups is 1. The highest BCUT2D eigenvalue weighted by molar-refractivity contribution is 5.75. The number of rotatable bonds is 12. The molecule has 1 fully saturated rings. The van der Waals surface area contributed by atoms with Gasteiger partial charge in [0.25, 0.3) is 0 Å². The number of hydrogen-bond donors (Lipinski definition) is 1. The highest BCUT2D eigenvalue weighted by atomic mass is 16.6. The summed E-state index contributed by atoms with van der Waals surface area (Å²) >= 11 is 0. The second-order valence-corrected chi connectivity index (χ2v) is 7.45. The number of unbranched alkanes of at least 4 members (excludes halogenated alkanes) is 8. The van der Waals surface area contributed by atoms with Gasteiger partial charge in [0.2, 0.25) is 0 Å². The highest BCUT2D eigenvalue weighted by Gasteiger charge is 2.40. The summed E-state index contributed by atoms with van der Waals surface area (Å²) in [5.74, 6) is -0.505. The first-order chi connectivity index (χ1) is 12.2. The largest absolute Gasteiger partial charge is 0.460 e. The summed E-state index contributed by atoms with van der Waals surface area (Å²) in [7, 11) is 0. The van der Waals surface area contributed by atoms with E-state index in [0.29, 0.717) is 0 Å². The average Bonchev–Trinajstić information content (AvgIpc) is 2.86. The Labute approximate surface area is 152 Å². The van der Waals surface area contributed by atoms with Crippen LogP contribution in [0.5, 0.6) is 0 Å². The predicted octanol–water partition coefficient (Wildman–Crippen LogP) is 5.05. The molecule has 1 saturated heterocycles. The molecule has 0 saturated carbocycles. The first-order valence-corrected chi connectivity index (χ1v) is 10.1. The summed E-state index contributed by atoms with van der Waals surface area (Å²) in [5, 5.41) is 9.90. The van der Waals surface area contributed by atoms with Gasteiger partial charge in [0.1, 0.15) is 12.2 Å². The zero-order chi connectivity index (χ0) is 17.9. The van der Waals surface area contributed by atoms with Crippen LogP contribution in [0.1, 0.15) is 76.7 Å². The Balaban J connectivity index is 1.37. The molecule has 25 heavy (non-hydrogen) atoms. The van der Waals surface area contributed by atoms with E-state index in [1.807, 2.05) is 0 Å². The molecule has 140 valence electrons. The monoisotopic (exact) mass is 346 g/mol. The van der Waals surface area contributed by atoms with Crippen LogP contribution in [0.25, 0.3) is 0 Å². The topological polar surface area (TPSA) is 46.5 Å². The molecule has 0 bridgehead atoms. The van der Waals surface area contributed by atoms with Crippen LogP contribution in [0.4, 0.5) is 0 Å². The van der Waals surface area contributed by atoms with E-state index in [9.17, 15) is 9.90 Å². The zero-order valence-corrected chi connectivity index (χ0v) is 15.7. The Hall–Kier alpha value is -1.35. The van der Waals surface area contributed by atoms with Gasteiger partial charge in [-0.2, -0.15) is 0 Å². The summed E-state index contributed by atoms with van der Waals surface area (Å²) < 4.78 is 5.07. The number of esters is 1. The smallest absolute Gasteiger partial charge is 0.312 e. The average molecular weight is 347 g/mol. The van der Waals surface area contributed by atoms with Gasteiger partial charge in [0.15, 0.2) is 0 Å². The quantitative estimate of drug-likeness (QED) is 0.425. The van der Waals surface area contributed by atoms with E-state index in [-0.39, 0.29) is 18.0 Å². The first kappa shape index (κ1) is 20.0. The standard InChI is InChI=1S/C22H34O3/c1-18-21(23)20(22(24)25-18)17-13-8-6-4-2-3-5-7-10-14-19-15-11-9-12-16-19/h9,11-12,15-16,18,20-21,23H,2-8,10,13-14,17H2,1H3/t18-,20-,21+/m0/s1. The fourth-order valence-electron chi connectivity index (χ4n) is 3.67. The molecule has 2 rings (SSSR count). The Kier molecular flexibility index (Phi) is 9.03. The Bertz CT molecular complexity index is 485. The third-order valence-electron chi connectivity index (χ3n) is 5.32. The van der Waals surface area contributed by atoms with Gasteiger partial charge >= 0.3 is 5.97 Å². The van der Waals surface area contributed by atoms with Crippen LogP contribution in [0, 0.1) is 5.92 Å². The lowest BCUT2D eigenvalue weighted by Gasteiger charge is -2.11. The third kappa shape index (κ3) is 7.19. The molecular formula is C22H34O3. The van der Waals surface area contributed by atoms with Crippen LogP contribution in [0.15, 0.2) is 30.3 Å². The lowest BCUT2D eigenvalue weighted by Crippen LogP contribution is -2.24. The number of hydrogen-bond acceptors (Lipinski definition) is 3. The van der Waals surface area contributed by atoms with Crippen LogP contribution in [0.2, 0.25) is 0 Å². The van der Waals surface area contributed by atoms with Crippen molar-refractivity contribution in [3.63, 3.8) is 0 Å². The maximum absolute atomic E-state index is 11.6. The van der Waals surface area contributed by atoms with Crippen molar-refractivity contribution in [1.82, 2.24) is 0 Å². The van der Waals surface area contributed by atoms with Gasteiger partial charge in [-0.1, -0.05) is 81.7 Å². The normalized spacial score (nSPS) is 23.0. The van der Waals surface area contributed by atoms with Crippen molar-refractivity contribution >= 4 is 5.97 Å².